The average molecular weight is 272 g/mol. The lowest BCUT2D eigenvalue weighted by molar-refractivity contribution is -0.137. The molecule has 1 aliphatic heterocycles. The first kappa shape index (κ1) is 12.7. The number of rotatable bonds is 4. The SMILES string of the molecule is O=C(O)Cn1nc(Nc2ccccc2)c2c1CCNC2. The predicted molar refractivity (Wildman–Crippen MR) is 75.0 cm³/mol. The highest BCUT2D eigenvalue weighted by molar-refractivity contribution is 5.67. The van der Waals surface area contributed by atoms with Gasteiger partial charge >= 0.3 is 5.97 Å². The van der Waals surface area contributed by atoms with Crippen molar-refractivity contribution < 1.29 is 9.90 Å². The molecule has 3 rings (SSSR count). The molecule has 0 atom stereocenters. The van der Waals surface area contributed by atoms with Crippen molar-refractivity contribution in [2.24, 2.45) is 0 Å². The molecule has 2 aromatic rings. The van der Waals surface area contributed by atoms with Gasteiger partial charge in [-0.3, -0.25) is 9.48 Å². The summed E-state index contributed by atoms with van der Waals surface area (Å²) in [5.74, 6) is -0.139. The Hall–Kier alpha value is -2.34. The molecule has 1 aromatic heterocycles. The highest BCUT2D eigenvalue weighted by atomic mass is 16.4. The monoisotopic (exact) mass is 272 g/mol. The van der Waals surface area contributed by atoms with Crippen LogP contribution in [0.4, 0.5) is 11.5 Å². The summed E-state index contributed by atoms with van der Waals surface area (Å²) < 4.78 is 1.59. The van der Waals surface area contributed by atoms with Gasteiger partial charge in [-0.1, -0.05) is 18.2 Å². The van der Waals surface area contributed by atoms with Crippen LogP contribution in [0.1, 0.15) is 11.3 Å². The summed E-state index contributed by atoms with van der Waals surface area (Å²) in [7, 11) is 0. The van der Waals surface area contributed by atoms with E-state index < -0.39 is 5.97 Å². The number of carboxylic acid groups (broad SMARTS) is 1. The molecule has 1 aromatic carbocycles. The molecule has 104 valence electrons. The smallest absolute Gasteiger partial charge is 0.325 e. The molecule has 0 bridgehead atoms. The van der Waals surface area contributed by atoms with E-state index in [2.05, 4.69) is 15.7 Å². The van der Waals surface area contributed by atoms with Crippen LogP contribution in [0.25, 0.3) is 0 Å². The van der Waals surface area contributed by atoms with Crippen molar-refractivity contribution in [3.05, 3.63) is 41.6 Å². The van der Waals surface area contributed by atoms with Gasteiger partial charge in [-0.05, 0) is 12.1 Å². The minimum Gasteiger partial charge on any atom is -0.480 e. The fourth-order valence-corrected chi connectivity index (χ4v) is 2.44. The highest BCUT2D eigenvalue weighted by Gasteiger charge is 2.21. The Labute approximate surface area is 116 Å². The number of anilines is 2. The first-order chi connectivity index (χ1) is 9.74. The van der Waals surface area contributed by atoms with Gasteiger partial charge in [-0.2, -0.15) is 5.10 Å². The minimum atomic E-state index is -0.875. The van der Waals surface area contributed by atoms with E-state index in [1.54, 1.807) is 4.68 Å². The molecule has 0 fully saturated rings. The van der Waals surface area contributed by atoms with Crippen molar-refractivity contribution in [2.75, 3.05) is 11.9 Å². The maximum Gasteiger partial charge on any atom is 0.325 e. The van der Waals surface area contributed by atoms with Crippen LogP contribution < -0.4 is 10.6 Å². The number of carbonyl (C=O) groups is 1. The van der Waals surface area contributed by atoms with Gasteiger partial charge in [0.25, 0.3) is 0 Å². The number of hydrogen-bond acceptors (Lipinski definition) is 4. The number of hydrogen-bond donors (Lipinski definition) is 3. The number of para-hydroxylation sites is 1. The zero-order chi connectivity index (χ0) is 13.9. The van der Waals surface area contributed by atoms with Crippen LogP contribution in [0.15, 0.2) is 30.3 Å². The van der Waals surface area contributed by atoms with Crippen molar-refractivity contribution >= 4 is 17.5 Å². The molecule has 20 heavy (non-hydrogen) atoms. The topological polar surface area (TPSA) is 79.2 Å². The Morgan fingerprint density at radius 3 is 2.95 bits per heavy atom. The Bertz CT molecular complexity index is 622. The second kappa shape index (κ2) is 5.34. The Balaban J connectivity index is 1.94. The van der Waals surface area contributed by atoms with Crippen LogP contribution in [-0.4, -0.2) is 27.4 Å². The quantitative estimate of drug-likeness (QED) is 0.783. The van der Waals surface area contributed by atoms with E-state index >= 15 is 0 Å². The van der Waals surface area contributed by atoms with Crippen molar-refractivity contribution in [3.63, 3.8) is 0 Å². The molecule has 0 saturated carbocycles. The summed E-state index contributed by atoms with van der Waals surface area (Å²) in [4.78, 5) is 10.9. The van der Waals surface area contributed by atoms with E-state index in [-0.39, 0.29) is 6.54 Å². The van der Waals surface area contributed by atoms with Gasteiger partial charge in [0.2, 0.25) is 0 Å². The number of benzene rings is 1. The molecule has 3 N–H and O–H groups in total. The molecule has 1 aliphatic rings. The molecule has 0 radical (unpaired) electrons. The van der Waals surface area contributed by atoms with Crippen LogP contribution in [0.2, 0.25) is 0 Å². The number of aromatic nitrogens is 2. The molecule has 2 heterocycles. The van der Waals surface area contributed by atoms with Gasteiger partial charge < -0.3 is 15.7 Å². The van der Waals surface area contributed by atoms with E-state index in [9.17, 15) is 4.79 Å². The minimum absolute atomic E-state index is 0.0984. The van der Waals surface area contributed by atoms with Crippen molar-refractivity contribution in [1.29, 1.82) is 0 Å². The lowest BCUT2D eigenvalue weighted by Gasteiger charge is -2.15. The zero-order valence-electron chi connectivity index (χ0n) is 11.0. The van der Waals surface area contributed by atoms with Crippen molar-refractivity contribution in [1.82, 2.24) is 15.1 Å². The molecule has 0 saturated heterocycles. The fourth-order valence-electron chi connectivity index (χ4n) is 2.44. The van der Waals surface area contributed by atoms with Gasteiger partial charge in [0.05, 0.1) is 0 Å². The largest absolute Gasteiger partial charge is 0.480 e. The third kappa shape index (κ3) is 2.50. The second-order valence-electron chi connectivity index (χ2n) is 4.74. The van der Waals surface area contributed by atoms with E-state index in [1.807, 2.05) is 30.3 Å². The molecule has 0 amide bonds. The van der Waals surface area contributed by atoms with Gasteiger partial charge in [-0.25, -0.2) is 0 Å². The number of nitrogens with zero attached hydrogens (tertiary/aromatic N) is 2. The number of aliphatic carboxylic acids is 1. The molecular formula is C14H16N4O2. The molecular weight excluding hydrogens is 256 g/mol. The average Bonchev–Trinajstić information content (AvgIpc) is 2.78. The summed E-state index contributed by atoms with van der Waals surface area (Å²) in [5, 5.41) is 19.9. The third-order valence-electron chi connectivity index (χ3n) is 3.33. The summed E-state index contributed by atoms with van der Waals surface area (Å²) >= 11 is 0. The van der Waals surface area contributed by atoms with Crippen LogP contribution in [-0.2, 0) is 24.3 Å². The molecule has 0 aliphatic carbocycles. The van der Waals surface area contributed by atoms with Crippen LogP contribution in [0.3, 0.4) is 0 Å². The standard InChI is InChI=1S/C14H16N4O2/c19-13(20)9-18-12-6-7-15-8-11(12)14(17-18)16-10-4-2-1-3-5-10/h1-5,15H,6-9H2,(H,16,17)(H,19,20). The summed E-state index contributed by atoms with van der Waals surface area (Å²) in [5.41, 5.74) is 3.01. The maximum atomic E-state index is 10.9. The van der Waals surface area contributed by atoms with Gasteiger partial charge in [0.1, 0.15) is 6.54 Å². The number of carboxylic acids is 1. The van der Waals surface area contributed by atoms with Gasteiger partial charge in [0.15, 0.2) is 5.82 Å². The van der Waals surface area contributed by atoms with Crippen LogP contribution in [0.5, 0.6) is 0 Å². The lowest BCUT2D eigenvalue weighted by atomic mass is 10.1. The summed E-state index contributed by atoms with van der Waals surface area (Å²) in [6, 6.07) is 9.76. The Kier molecular flexibility index (Phi) is 3.39. The molecule has 6 heteroatoms. The van der Waals surface area contributed by atoms with E-state index in [4.69, 9.17) is 5.11 Å². The first-order valence-corrected chi connectivity index (χ1v) is 6.57. The first-order valence-electron chi connectivity index (χ1n) is 6.57. The molecule has 6 nitrogen and oxygen atoms in total. The molecule has 0 spiro atoms. The second-order valence-corrected chi connectivity index (χ2v) is 4.74. The van der Waals surface area contributed by atoms with E-state index in [1.165, 1.54) is 0 Å². The lowest BCUT2D eigenvalue weighted by Crippen LogP contribution is -2.25. The van der Waals surface area contributed by atoms with E-state index in [0.29, 0.717) is 6.54 Å². The Morgan fingerprint density at radius 2 is 2.20 bits per heavy atom. The van der Waals surface area contributed by atoms with Crippen LogP contribution in [0, 0.1) is 0 Å². The van der Waals surface area contributed by atoms with E-state index in [0.717, 1.165) is 35.7 Å². The highest BCUT2D eigenvalue weighted by Crippen LogP contribution is 2.25. The van der Waals surface area contributed by atoms with Crippen molar-refractivity contribution in [2.45, 2.75) is 19.5 Å². The normalized spacial score (nSPS) is 13.8. The van der Waals surface area contributed by atoms with Crippen LogP contribution >= 0.6 is 0 Å². The van der Waals surface area contributed by atoms with Crippen molar-refractivity contribution in [3.8, 4) is 0 Å². The fraction of sp³-hybridized carbons (Fsp3) is 0.286. The molecule has 0 unspecified atom stereocenters. The summed E-state index contributed by atoms with van der Waals surface area (Å²) in [6.07, 6.45) is 0.798. The number of nitrogens with one attached hydrogen (secondary N) is 2. The van der Waals surface area contributed by atoms with Gasteiger partial charge in [0, 0.05) is 36.5 Å². The zero-order valence-corrected chi connectivity index (χ0v) is 11.0. The van der Waals surface area contributed by atoms with Gasteiger partial charge in [-0.15, -0.1) is 0 Å². The number of fused-ring (bicyclic) bond motifs is 1. The predicted octanol–water partition coefficient (Wildman–Crippen LogP) is 1.36. The summed E-state index contributed by atoms with van der Waals surface area (Å²) in [6.45, 7) is 1.46. The maximum absolute atomic E-state index is 10.9. The Morgan fingerprint density at radius 1 is 1.40 bits per heavy atom. The third-order valence-corrected chi connectivity index (χ3v) is 3.33.